The predicted octanol–water partition coefficient (Wildman–Crippen LogP) is 3.99. The molecule has 0 aliphatic heterocycles. The highest BCUT2D eigenvalue weighted by Gasteiger charge is 2.19. The summed E-state index contributed by atoms with van der Waals surface area (Å²) in [5.41, 5.74) is 4.19. The molecule has 3 heteroatoms. The normalized spacial score (nSPS) is 13.3. The van der Waals surface area contributed by atoms with Gasteiger partial charge in [-0.1, -0.05) is 18.2 Å². The molecule has 0 spiro atoms. The number of aromatic nitrogens is 1. The van der Waals surface area contributed by atoms with E-state index in [0.29, 0.717) is 5.56 Å². The minimum Gasteiger partial charge on any atom is -0.326 e. The second kappa shape index (κ2) is 5.97. The van der Waals surface area contributed by atoms with E-state index in [2.05, 4.69) is 30.0 Å². The number of benzene rings is 1. The smallest absolute Gasteiger partial charge is 0.151 e. The molecule has 0 atom stereocenters. The Bertz CT molecular complexity index is 671. The van der Waals surface area contributed by atoms with Crippen molar-refractivity contribution in [3.63, 3.8) is 0 Å². The number of hydrogen-bond donors (Lipinski definition) is 0. The van der Waals surface area contributed by atoms with Gasteiger partial charge in [0.1, 0.15) is 6.07 Å². The van der Waals surface area contributed by atoms with Crippen molar-refractivity contribution in [1.82, 2.24) is 4.98 Å². The van der Waals surface area contributed by atoms with Gasteiger partial charge in [-0.3, -0.25) is 0 Å². The molecule has 0 fully saturated rings. The van der Waals surface area contributed by atoms with Gasteiger partial charge in [0.15, 0.2) is 5.82 Å². The van der Waals surface area contributed by atoms with Gasteiger partial charge in [0, 0.05) is 17.9 Å². The fourth-order valence-corrected chi connectivity index (χ4v) is 2.97. The van der Waals surface area contributed by atoms with Crippen molar-refractivity contribution in [3.8, 4) is 6.07 Å². The van der Waals surface area contributed by atoms with E-state index in [-0.39, 0.29) is 0 Å². The highest BCUT2D eigenvalue weighted by atomic mass is 15.2. The number of aryl methyl sites for hydroxylation is 2. The molecular formula is C18H19N3. The van der Waals surface area contributed by atoms with Crippen molar-refractivity contribution in [2.24, 2.45) is 0 Å². The predicted molar refractivity (Wildman–Crippen MR) is 84.7 cm³/mol. The first-order valence-electron chi connectivity index (χ1n) is 7.59. The zero-order chi connectivity index (χ0) is 14.7. The molecule has 0 amide bonds. The summed E-state index contributed by atoms with van der Waals surface area (Å²) in [6, 6.07) is 14.5. The average molecular weight is 277 g/mol. The van der Waals surface area contributed by atoms with Gasteiger partial charge in [-0.15, -0.1) is 0 Å². The number of rotatable bonds is 3. The Morgan fingerprint density at radius 3 is 2.67 bits per heavy atom. The van der Waals surface area contributed by atoms with Crippen molar-refractivity contribution < 1.29 is 0 Å². The molecule has 2 aromatic rings. The van der Waals surface area contributed by atoms with E-state index in [1.54, 1.807) is 0 Å². The van der Waals surface area contributed by atoms with Crippen LogP contribution in [-0.2, 0) is 12.8 Å². The third-order valence-electron chi connectivity index (χ3n) is 4.04. The van der Waals surface area contributed by atoms with Gasteiger partial charge in [0.05, 0.1) is 5.56 Å². The summed E-state index contributed by atoms with van der Waals surface area (Å²) in [4.78, 5) is 6.95. The lowest BCUT2D eigenvalue weighted by Crippen LogP contribution is -2.20. The molecule has 0 radical (unpaired) electrons. The van der Waals surface area contributed by atoms with Gasteiger partial charge in [-0.2, -0.15) is 5.26 Å². The average Bonchev–Trinajstić information content (AvgIpc) is 2.56. The fourth-order valence-electron chi connectivity index (χ4n) is 2.97. The highest BCUT2D eigenvalue weighted by Crippen LogP contribution is 2.30. The molecule has 1 aromatic heterocycles. The summed E-state index contributed by atoms with van der Waals surface area (Å²) in [6.07, 6.45) is 4.48. The molecule has 1 aromatic carbocycles. The van der Waals surface area contributed by atoms with Crippen LogP contribution in [-0.4, -0.2) is 11.5 Å². The van der Waals surface area contributed by atoms with E-state index in [1.165, 1.54) is 24.1 Å². The van der Waals surface area contributed by atoms with Crippen molar-refractivity contribution in [1.29, 1.82) is 5.26 Å². The molecule has 1 aliphatic rings. The topological polar surface area (TPSA) is 39.9 Å². The van der Waals surface area contributed by atoms with Gasteiger partial charge in [-0.25, -0.2) is 4.98 Å². The molecule has 0 unspecified atom stereocenters. The van der Waals surface area contributed by atoms with Gasteiger partial charge in [0.2, 0.25) is 0 Å². The van der Waals surface area contributed by atoms with Crippen LogP contribution in [0, 0.1) is 11.3 Å². The summed E-state index contributed by atoms with van der Waals surface area (Å²) < 4.78 is 0. The van der Waals surface area contributed by atoms with Gasteiger partial charge in [-0.05, 0) is 56.4 Å². The Balaban J connectivity index is 2.10. The molecular weight excluding hydrogens is 258 g/mol. The second-order valence-electron chi connectivity index (χ2n) is 5.36. The molecule has 106 valence electrons. The van der Waals surface area contributed by atoms with Crippen LogP contribution in [0.4, 0.5) is 11.5 Å². The van der Waals surface area contributed by atoms with Gasteiger partial charge >= 0.3 is 0 Å². The van der Waals surface area contributed by atoms with Crippen LogP contribution in [0.2, 0.25) is 0 Å². The van der Waals surface area contributed by atoms with Crippen LogP contribution in [0.1, 0.15) is 36.6 Å². The van der Waals surface area contributed by atoms with Crippen molar-refractivity contribution in [3.05, 3.63) is 53.2 Å². The van der Waals surface area contributed by atoms with Crippen molar-refractivity contribution in [2.45, 2.75) is 32.6 Å². The summed E-state index contributed by atoms with van der Waals surface area (Å²) in [6.45, 7) is 2.89. The lowest BCUT2D eigenvalue weighted by molar-refractivity contribution is 0.666. The van der Waals surface area contributed by atoms with E-state index >= 15 is 0 Å². The standard InChI is InChI=1S/C18H19N3/c1-2-21(16-9-4-3-5-10-16)18-15(13-19)12-14-8-6-7-11-17(14)20-18/h3-5,9-10,12H,2,6-8,11H2,1H3. The van der Waals surface area contributed by atoms with Gasteiger partial charge < -0.3 is 4.90 Å². The number of hydrogen-bond acceptors (Lipinski definition) is 3. The summed E-state index contributed by atoms with van der Waals surface area (Å²) >= 11 is 0. The largest absolute Gasteiger partial charge is 0.326 e. The van der Waals surface area contributed by atoms with Gasteiger partial charge in [0.25, 0.3) is 0 Å². The molecule has 1 aliphatic carbocycles. The first-order valence-corrected chi connectivity index (χ1v) is 7.59. The van der Waals surface area contributed by atoms with Crippen LogP contribution < -0.4 is 4.90 Å². The number of nitrogens with zero attached hydrogens (tertiary/aromatic N) is 3. The van der Waals surface area contributed by atoms with Crippen molar-refractivity contribution in [2.75, 3.05) is 11.4 Å². The maximum Gasteiger partial charge on any atom is 0.151 e. The quantitative estimate of drug-likeness (QED) is 0.851. The lowest BCUT2D eigenvalue weighted by Gasteiger charge is -2.25. The van der Waals surface area contributed by atoms with Crippen LogP contribution in [0.25, 0.3) is 0 Å². The minimum absolute atomic E-state index is 0.682. The maximum atomic E-state index is 9.49. The van der Waals surface area contributed by atoms with E-state index in [0.717, 1.165) is 30.9 Å². The van der Waals surface area contributed by atoms with E-state index < -0.39 is 0 Å². The summed E-state index contributed by atoms with van der Waals surface area (Å²) in [5.74, 6) is 0.798. The number of fused-ring (bicyclic) bond motifs is 1. The van der Waals surface area contributed by atoms with Crippen LogP contribution in [0.15, 0.2) is 36.4 Å². The van der Waals surface area contributed by atoms with Crippen LogP contribution >= 0.6 is 0 Å². The highest BCUT2D eigenvalue weighted by molar-refractivity contribution is 5.66. The lowest BCUT2D eigenvalue weighted by atomic mass is 9.95. The summed E-state index contributed by atoms with van der Waals surface area (Å²) in [5, 5.41) is 9.49. The molecule has 3 rings (SSSR count). The monoisotopic (exact) mass is 277 g/mol. The molecule has 0 bridgehead atoms. The number of nitriles is 1. The Kier molecular flexibility index (Phi) is 3.87. The third-order valence-corrected chi connectivity index (χ3v) is 4.04. The number of anilines is 2. The Morgan fingerprint density at radius 2 is 1.95 bits per heavy atom. The molecule has 21 heavy (non-hydrogen) atoms. The molecule has 1 heterocycles. The number of pyridine rings is 1. The Hall–Kier alpha value is -2.34. The van der Waals surface area contributed by atoms with Crippen molar-refractivity contribution >= 4 is 11.5 Å². The zero-order valence-corrected chi connectivity index (χ0v) is 12.3. The van der Waals surface area contributed by atoms with E-state index in [9.17, 15) is 5.26 Å². The van der Waals surface area contributed by atoms with Crippen LogP contribution in [0.5, 0.6) is 0 Å². The first-order chi connectivity index (χ1) is 10.3. The Morgan fingerprint density at radius 1 is 1.19 bits per heavy atom. The maximum absolute atomic E-state index is 9.49. The Labute approximate surface area is 125 Å². The number of para-hydroxylation sites is 1. The molecule has 0 saturated heterocycles. The SMILES string of the molecule is CCN(c1ccccc1)c1nc2c(cc1C#N)CCCC2. The zero-order valence-electron chi connectivity index (χ0n) is 12.3. The molecule has 0 N–H and O–H groups in total. The van der Waals surface area contributed by atoms with E-state index in [4.69, 9.17) is 4.98 Å². The fraction of sp³-hybridized carbons (Fsp3) is 0.333. The summed E-state index contributed by atoms with van der Waals surface area (Å²) in [7, 11) is 0. The first kappa shape index (κ1) is 13.6. The third kappa shape index (κ3) is 2.62. The van der Waals surface area contributed by atoms with E-state index in [1.807, 2.05) is 24.3 Å². The minimum atomic E-state index is 0.682. The molecule has 0 saturated carbocycles. The second-order valence-corrected chi connectivity index (χ2v) is 5.36. The van der Waals surface area contributed by atoms with Crippen LogP contribution in [0.3, 0.4) is 0 Å². The molecule has 3 nitrogen and oxygen atoms in total.